The molecule has 0 saturated heterocycles. The number of ether oxygens (including phenoxy) is 2. The molecule has 180 valence electrons. The maximum absolute atomic E-state index is 13.4. The van der Waals surface area contributed by atoms with Gasteiger partial charge < -0.3 is 19.8 Å². The van der Waals surface area contributed by atoms with Crippen LogP contribution in [0.4, 0.5) is 0 Å². The summed E-state index contributed by atoms with van der Waals surface area (Å²) in [6.45, 7) is 9.03. The summed E-state index contributed by atoms with van der Waals surface area (Å²) in [6.07, 6.45) is 3.26. The molecule has 0 radical (unpaired) electrons. The lowest BCUT2D eigenvalue weighted by Gasteiger charge is -2.21. The lowest BCUT2D eigenvalue weighted by Crippen LogP contribution is -2.28. The minimum atomic E-state index is -0.345. The van der Waals surface area contributed by atoms with Crippen LogP contribution in [0.1, 0.15) is 42.3 Å². The van der Waals surface area contributed by atoms with Gasteiger partial charge in [0.05, 0.1) is 28.4 Å². The first kappa shape index (κ1) is 22.6. The zero-order chi connectivity index (χ0) is 24.7. The Bertz CT molecular complexity index is 1500. The van der Waals surface area contributed by atoms with Crippen molar-refractivity contribution in [3.63, 3.8) is 0 Å². The monoisotopic (exact) mass is 473 g/mol. The first-order chi connectivity index (χ1) is 16.7. The topological polar surface area (TPSA) is 111 Å². The zero-order valence-corrected chi connectivity index (χ0v) is 20.1. The number of aromatic amines is 1. The molecular formula is C26H27N5O4. The number of carbonyl (C=O) groups excluding carboxylic acids is 1. The van der Waals surface area contributed by atoms with Crippen LogP contribution in [0.25, 0.3) is 22.3 Å². The number of aromatic nitrogens is 4. The van der Waals surface area contributed by atoms with E-state index in [1.807, 2.05) is 50.6 Å². The van der Waals surface area contributed by atoms with Gasteiger partial charge in [-0.25, -0.2) is 9.67 Å². The van der Waals surface area contributed by atoms with Crippen LogP contribution in [0.2, 0.25) is 0 Å². The van der Waals surface area contributed by atoms with Crippen molar-refractivity contribution in [2.24, 2.45) is 0 Å². The molecular weight excluding hydrogens is 446 g/mol. The summed E-state index contributed by atoms with van der Waals surface area (Å²) in [5, 5.41) is 8.07. The van der Waals surface area contributed by atoms with Gasteiger partial charge >= 0.3 is 0 Å². The van der Waals surface area contributed by atoms with E-state index in [0.29, 0.717) is 52.6 Å². The molecule has 35 heavy (non-hydrogen) atoms. The fourth-order valence-corrected chi connectivity index (χ4v) is 4.12. The number of benzene rings is 1. The summed E-state index contributed by atoms with van der Waals surface area (Å²) in [7, 11) is 0. The summed E-state index contributed by atoms with van der Waals surface area (Å²) in [4.78, 5) is 33.2. The van der Waals surface area contributed by atoms with E-state index in [-0.39, 0.29) is 23.6 Å². The molecule has 0 unspecified atom stereocenters. The van der Waals surface area contributed by atoms with Crippen LogP contribution < -0.4 is 20.3 Å². The van der Waals surface area contributed by atoms with Gasteiger partial charge in [-0.05, 0) is 63.6 Å². The average molecular weight is 474 g/mol. The predicted molar refractivity (Wildman–Crippen MR) is 132 cm³/mol. The minimum absolute atomic E-state index is 0.109. The summed E-state index contributed by atoms with van der Waals surface area (Å²) in [5.41, 5.74) is 3.20. The number of nitrogens with one attached hydrogen (secondary N) is 2. The normalized spacial score (nSPS) is 13.1. The van der Waals surface area contributed by atoms with Gasteiger partial charge in [0.15, 0.2) is 17.1 Å². The molecule has 1 aromatic carbocycles. The van der Waals surface area contributed by atoms with Crippen LogP contribution in [0.3, 0.4) is 0 Å². The lowest BCUT2D eigenvalue weighted by molar-refractivity contribution is 0.0952. The Labute approximate surface area is 202 Å². The average Bonchev–Trinajstić information content (AvgIpc) is 3.27. The van der Waals surface area contributed by atoms with Crippen molar-refractivity contribution in [3.05, 3.63) is 69.8 Å². The summed E-state index contributed by atoms with van der Waals surface area (Å²) < 4.78 is 13.2. The first-order valence-electron chi connectivity index (χ1n) is 11.5. The molecule has 9 heteroatoms. The zero-order valence-electron chi connectivity index (χ0n) is 20.1. The van der Waals surface area contributed by atoms with Gasteiger partial charge in [0, 0.05) is 23.9 Å². The van der Waals surface area contributed by atoms with Crippen molar-refractivity contribution in [1.29, 1.82) is 0 Å². The molecule has 1 aliphatic rings. The van der Waals surface area contributed by atoms with Gasteiger partial charge in [-0.15, -0.1) is 0 Å². The molecule has 4 aromatic rings. The number of pyridine rings is 2. The minimum Gasteiger partial charge on any atom is -0.486 e. The molecule has 1 aliphatic heterocycles. The standard InChI is InChI=1S/C26H27N5O4/c1-15-7-8-27-25(33)18(15)13-28-24(32)17-12-20(16-5-6-21-22(11-16)35-10-9-34-21)30-23-19(17)14-29-31(23)26(2,3)4/h5-8,11-12,14H,9-10,13H2,1-4H3,(H,27,33)(H,28,32). The van der Waals surface area contributed by atoms with Gasteiger partial charge in [0.2, 0.25) is 0 Å². The van der Waals surface area contributed by atoms with Crippen molar-refractivity contribution in [1.82, 2.24) is 25.1 Å². The van der Waals surface area contributed by atoms with Gasteiger partial charge in [-0.1, -0.05) is 0 Å². The number of H-pyrrole nitrogens is 1. The van der Waals surface area contributed by atoms with Crippen molar-refractivity contribution >= 4 is 16.9 Å². The first-order valence-corrected chi connectivity index (χ1v) is 11.5. The van der Waals surface area contributed by atoms with Crippen molar-refractivity contribution < 1.29 is 14.3 Å². The summed E-state index contributed by atoms with van der Waals surface area (Å²) >= 11 is 0. The lowest BCUT2D eigenvalue weighted by atomic mass is 10.0. The highest BCUT2D eigenvalue weighted by Gasteiger charge is 2.23. The van der Waals surface area contributed by atoms with Gasteiger partial charge in [-0.2, -0.15) is 5.10 Å². The Hall–Kier alpha value is -4.14. The van der Waals surface area contributed by atoms with E-state index in [9.17, 15) is 9.59 Å². The van der Waals surface area contributed by atoms with Crippen LogP contribution in [0.5, 0.6) is 11.5 Å². The molecule has 5 rings (SSSR count). The number of hydrogen-bond donors (Lipinski definition) is 2. The summed E-state index contributed by atoms with van der Waals surface area (Å²) in [5.74, 6) is 1.01. The number of nitrogens with zero attached hydrogens (tertiary/aromatic N) is 3. The Morgan fingerprint density at radius 2 is 1.91 bits per heavy atom. The third-order valence-corrected chi connectivity index (χ3v) is 5.98. The van der Waals surface area contributed by atoms with E-state index >= 15 is 0 Å². The van der Waals surface area contributed by atoms with Crippen LogP contribution in [0.15, 0.2) is 47.5 Å². The van der Waals surface area contributed by atoms with Crippen molar-refractivity contribution in [2.45, 2.75) is 39.8 Å². The molecule has 9 nitrogen and oxygen atoms in total. The van der Waals surface area contributed by atoms with E-state index in [1.54, 1.807) is 24.5 Å². The molecule has 0 atom stereocenters. The van der Waals surface area contributed by atoms with Crippen LogP contribution in [-0.2, 0) is 12.1 Å². The van der Waals surface area contributed by atoms with Gasteiger partial charge in [-0.3, -0.25) is 9.59 Å². The quantitative estimate of drug-likeness (QED) is 0.469. The highest BCUT2D eigenvalue weighted by atomic mass is 16.6. The van der Waals surface area contributed by atoms with Gasteiger partial charge in [0.25, 0.3) is 11.5 Å². The van der Waals surface area contributed by atoms with Crippen LogP contribution in [-0.4, -0.2) is 38.9 Å². The molecule has 0 spiro atoms. The van der Waals surface area contributed by atoms with Crippen LogP contribution in [0, 0.1) is 6.92 Å². The molecule has 0 fully saturated rings. The fraction of sp³-hybridized carbons (Fsp3) is 0.308. The molecule has 4 heterocycles. The second kappa shape index (κ2) is 8.57. The van der Waals surface area contributed by atoms with E-state index in [0.717, 1.165) is 11.1 Å². The number of aryl methyl sites for hydroxylation is 1. The maximum atomic E-state index is 13.4. The van der Waals surface area contributed by atoms with Crippen LogP contribution >= 0.6 is 0 Å². The van der Waals surface area contributed by atoms with Gasteiger partial charge in [0.1, 0.15) is 13.2 Å². The molecule has 3 aromatic heterocycles. The second-order valence-corrected chi connectivity index (χ2v) is 9.53. The second-order valence-electron chi connectivity index (χ2n) is 9.53. The van der Waals surface area contributed by atoms with E-state index in [4.69, 9.17) is 14.5 Å². The number of hydrogen-bond acceptors (Lipinski definition) is 6. The van der Waals surface area contributed by atoms with Crippen molar-refractivity contribution in [3.8, 4) is 22.8 Å². The largest absolute Gasteiger partial charge is 0.486 e. The maximum Gasteiger partial charge on any atom is 0.253 e. The van der Waals surface area contributed by atoms with E-state index in [2.05, 4.69) is 15.4 Å². The van der Waals surface area contributed by atoms with E-state index < -0.39 is 0 Å². The van der Waals surface area contributed by atoms with E-state index in [1.165, 1.54) is 0 Å². The number of amides is 1. The molecule has 0 bridgehead atoms. The highest BCUT2D eigenvalue weighted by molar-refractivity contribution is 6.06. The number of rotatable bonds is 4. The SMILES string of the molecule is Cc1cc[nH]c(=O)c1CNC(=O)c1cc(-c2ccc3c(c2)OCCO3)nc2c1cnn2C(C)(C)C. The number of fused-ring (bicyclic) bond motifs is 2. The Kier molecular flexibility index (Phi) is 5.55. The molecule has 2 N–H and O–H groups in total. The Morgan fingerprint density at radius 3 is 2.66 bits per heavy atom. The van der Waals surface area contributed by atoms with Crippen molar-refractivity contribution in [2.75, 3.05) is 13.2 Å². The third-order valence-electron chi connectivity index (χ3n) is 5.98. The summed E-state index contributed by atoms with van der Waals surface area (Å²) in [6, 6.07) is 9.17. The molecule has 0 saturated carbocycles. The third kappa shape index (κ3) is 4.25. The molecule has 1 amide bonds. The Balaban J connectivity index is 1.59. The fourth-order valence-electron chi connectivity index (χ4n) is 4.12. The predicted octanol–water partition coefficient (Wildman–Crippen LogP) is 3.55. The highest BCUT2D eigenvalue weighted by Crippen LogP contribution is 2.35. The smallest absolute Gasteiger partial charge is 0.253 e. The Morgan fingerprint density at radius 1 is 1.14 bits per heavy atom. The number of carbonyl (C=O) groups is 1. The molecule has 0 aliphatic carbocycles.